The fourth-order valence-electron chi connectivity index (χ4n) is 20.8. The molecule has 77 heavy (non-hydrogen) atoms. The van der Waals surface area contributed by atoms with Crippen LogP contribution in [-0.4, -0.2) is 110 Å². The van der Waals surface area contributed by atoms with Crippen LogP contribution in [0.1, 0.15) is 164 Å². The normalized spacial score (nSPS) is 48.5. The predicted molar refractivity (Wildman–Crippen MR) is 282 cm³/mol. The van der Waals surface area contributed by atoms with Gasteiger partial charge in [0.2, 0.25) is 0 Å². The fourth-order valence-corrected chi connectivity index (χ4v) is 22.9. The maximum absolute atomic E-state index is 12.3. The molecular formula is C54H88O19S4. The van der Waals surface area contributed by atoms with Crippen molar-refractivity contribution in [1.82, 2.24) is 0 Å². The first kappa shape index (κ1) is 60.4. The summed E-state index contributed by atoms with van der Waals surface area (Å²) < 4.78 is 156. The van der Waals surface area contributed by atoms with E-state index in [2.05, 4.69) is 47.3 Å². The molecule has 7 N–H and O–H groups in total. The zero-order valence-electron chi connectivity index (χ0n) is 45.8. The minimum Gasteiger partial charge on any atom is -0.390 e. The number of rotatable bonds is 16. The summed E-state index contributed by atoms with van der Waals surface area (Å²) in [5.74, 6) is 0.189. The van der Waals surface area contributed by atoms with Gasteiger partial charge in [-0.25, -0.2) is 16.7 Å². The third-order valence-corrected chi connectivity index (χ3v) is 26.1. The van der Waals surface area contributed by atoms with Crippen molar-refractivity contribution in [2.45, 2.75) is 207 Å². The lowest BCUT2D eigenvalue weighted by Gasteiger charge is -2.63. The molecule has 0 aromatic heterocycles. The van der Waals surface area contributed by atoms with E-state index in [-0.39, 0.29) is 95.2 Å². The highest BCUT2D eigenvalue weighted by Gasteiger charge is 2.67. The van der Waals surface area contributed by atoms with Crippen LogP contribution in [0.3, 0.4) is 0 Å². The molecule has 0 spiro atoms. The van der Waals surface area contributed by atoms with Crippen molar-refractivity contribution >= 4 is 41.6 Å². The third kappa shape index (κ3) is 11.5. The van der Waals surface area contributed by atoms with Gasteiger partial charge in [0, 0.05) is 0 Å². The van der Waals surface area contributed by atoms with Crippen LogP contribution in [0.5, 0.6) is 0 Å². The van der Waals surface area contributed by atoms with Crippen LogP contribution in [0.4, 0.5) is 0 Å². The van der Waals surface area contributed by atoms with Crippen molar-refractivity contribution in [2.75, 3.05) is 0 Å². The standard InChI is InChI=1S/C54H88O19S4/c1-29(35-11-13-37-32-23-46(70-74(58,59)60)41-25-44(56)48(72-76(64,65)66)27-53(41,7)39(32)16-21-51(35,37)5)9-10-34-30(2)15-19-50(34,4)20-18-43(55)31(3)36-12-14-38-33-24-47(71-75(61,62)63)42-26-45(57)49(73-77(67,68)69)28-54(42,8)40(33)17-22-52(36,38)6/h18,20,29,31-49,55-57H,2,9-17,19,21-28H2,1,3-8H3,(H,58,59,60)(H,61,62,63)(H,64,65,66)(H,67,68,69). The van der Waals surface area contributed by atoms with Crippen LogP contribution in [0, 0.1) is 104 Å². The molecule has 0 aliphatic heterocycles. The molecule has 19 nitrogen and oxygen atoms in total. The second-order valence-electron chi connectivity index (χ2n) is 27.7. The van der Waals surface area contributed by atoms with Crippen molar-refractivity contribution < 1.29 is 83.9 Å². The number of hydrogen-bond acceptors (Lipinski definition) is 15. The molecule has 442 valence electrons. The molecule has 0 heterocycles. The van der Waals surface area contributed by atoms with Crippen LogP contribution in [0.15, 0.2) is 24.3 Å². The monoisotopic (exact) mass is 1170 g/mol. The molecule has 0 amide bonds. The van der Waals surface area contributed by atoms with Crippen molar-refractivity contribution in [3.05, 3.63) is 24.3 Å². The molecule has 0 aromatic rings. The van der Waals surface area contributed by atoms with Crippen LogP contribution in [0.2, 0.25) is 0 Å². The second-order valence-corrected chi connectivity index (χ2v) is 31.8. The lowest BCUT2D eigenvalue weighted by atomic mass is 9.43. The van der Waals surface area contributed by atoms with Gasteiger partial charge in [0.15, 0.2) is 0 Å². The van der Waals surface area contributed by atoms with Crippen molar-refractivity contribution in [3.63, 3.8) is 0 Å². The van der Waals surface area contributed by atoms with Gasteiger partial charge in [-0.1, -0.05) is 72.8 Å². The third-order valence-electron chi connectivity index (χ3n) is 24.1. The Morgan fingerprint density at radius 2 is 0.961 bits per heavy atom. The summed E-state index contributed by atoms with van der Waals surface area (Å²) in [4.78, 5) is 0. The van der Waals surface area contributed by atoms with E-state index in [4.69, 9.17) is 16.7 Å². The highest BCUT2D eigenvalue weighted by atomic mass is 32.3. The summed E-state index contributed by atoms with van der Waals surface area (Å²) in [6, 6.07) is 0. The van der Waals surface area contributed by atoms with E-state index in [0.29, 0.717) is 24.7 Å². The Morgan fingerprint density at radius 3 is 1.40 bits per heavy atom. The maximum atomic E-state index is 12.3. The Labute approximate surface area is 458 Å². The minimum atomic E-state index is -4.90. The highest BCUT2D eigenvalue weighted by molar-refractivity contribution is 7.81. The van der Waals surface area contributed by atoms with E-state index >= 15 is 0 Å². The molecule has 0 bridgehead atoms. The van der Waals surface area contributed by atoms with Gasteiger partial charge in [0.05, 0.1) is 30.5 Å². The molecule has 9 aliphatic carbocycles. The van der Waals surface area contributed by atoms with Gasteiger partial charge in [-0.2, -0.15) is 33.7 Å². The lowest BCUT2D eigenvalue weighted by Crippen LogP contribution is -2.61. The van der Waals surface area contributed by atoms with E-state index in [0.717, 1.165) is 77.0 Å². The maximum Gasteiger partial charge on any atom is 0.397 e. The van der Waals surface area contributed by atoms with Gasteiger partial charge in [0.25, 0.3) is 0 Å². The molecule has 25 unspecified atom stereocenters. The van der Waals surface area contributed by atoms with Gasteiger partial charge in [0.1, 0.15) is 12.2 Å². The Hall–Kier alpha value is -1.16. The largest absolute Gasteiger partial charge is 0.397 e. The first-order valence-corrected chi connectivity index (χ1v) is 33.9. The molecule has 9 aliphatic rings. The number of fused-ring (bicyclic) bond motifs is 10. The van der Waals surface area contributed by atoms with E-state index < -0.39 is 107 Å². The first-order chi connectivity index (χ1) is 35.4. The summed E-state index contributed by atoms with van der Waals surface area (Å²) in [5.41, 5.74) is -0.795. The number of aliphatic hydroxyl groups is 3. The molecule has 9 saturated carbocycles. The average molecular weight is 1170 g/mol. The zero-order chi connectivity index (χ0) is 56.6. The smallest absolute Gasteiger partial charge is 0.390 e. The fraction of sp³-hybridized carbons (Fsp3) is 0.926. The molecule has 0 aromatic carbocycles. The minimum absolute atomic E-state index is 0.00679. The number of allylic oxidation sites excluding steroid dienone is 2. The molecule has 23 heteroatoms. The molecule has 0 saturated heterocycles. The Bertz CT molecular complexity index is 2720. The van der Waals surface area contributed by atoms with Gasteiger partial charge >= 0.3 is 41.6 Å². The predicted octanol–water partition coefficient (Wildman–Crippen LogP) is 8.16. The van der Waals surface area contributed by atoms with Gasteiger partial charge < -0.3 is 15.3 Å². The second kappa shape index (κ2) is 20.9. The Morgan fingerprint density at radius 1 is 0.558 bits per heavy atom. The molecular weight excluding hydrogens is 1080 g/mol. The van der Waals surface area contributed by atoms with E-state index in [9.17, 15) is 67.2 Å². The zero-order valence-corrected chi connectivity index (χ0v) is 49.1. The summed E-state index contributed by atoms with van der Waals surface area (Å²) in [6.45, 7) is 19.9. The summed E-state index contributed by atoms with van der Waals surface area (Å²) in [5, 5.41) is 34.1. The van der Waals surface area contributed by atoms with E-state index in [1.165, 1.54) is 5.57 Å². The van der Waals surface area contributed by atoms with Crippen molar-refractivity contribution in [3.8, 4) is 0 Å². The molecule has 9 fully saturated rings. The SMILES string of the molecule is C=C1CCC(C)(C=CC(O)C(C)C2CCC3C4CC(OS(=O)(=O)O)C5CC(O)C(OS(=O)(=O)O)CC5(C)C4CCC23C)C1CCC(C)C1CCC2C3CC(OS(=O)(=O)O)C4CC(O)C(OS(=O)(=O)O)CC4(C)C3CCC12C. The van der Waals surface area contributed by atoms with E-state index in [1.807, 2.05) is 19.9 Å². The summed E-state index contributed by atoms with van der Waals surface area (Å²) >= 11 is 0. The van der Waals surface area contributed by atoms with E-state index in [1.54, 1.807) is 0 Å². The van der Waals surface area contributed by atoms with Gasteiger partial charge in [-0.05, 0) is 220 Å². The van der Waals surface area contributed by atoms with Gasteiger partial charge in [-0.3, -0.25) is 18.2 Å². The van der Waals surface area contributed by atoms with Crippen LogP contribution < -0.4 is 0 Å². The molecule has 9 rings (SSSR count). The number of aliphatic hydroxyl groups excluding tert-OH is 3. The topological polar surface area (TPSA) is 315 Å². The highest BCUT2D eigenvalue weighted by Crippen LogP contribution is 2.71. The molecule has 25 atom stereocenters. The first-order valence-electron chi connectivity index (χ1n) is 28.4. The van der Waals surface area contributed by atoms with Crippen LogP contribution >= 0.6 is 0 Å². The number of hydrogen-bond donors (Lipinski definition) is 7. The lowest BCUT2D eigenvalue weighted by molar-refractivity contribution is -0.187. The van der Waals surface area contributed by atoms with Gasteiger partial charge in [-0.15, -0.1) is 0 Å². The summed E-state index contributed by atoms with van der Waals surface area (Å²) in [7, 11) is -19.5. The average Bonchev–Trinajstić information content (AvgIpc) is 4.12. The Balaban J connectivity index is 0.860. The summed E-state index contributed by atoms with van der Waals surface area (Å²) in [6.07, 6.45) is 7.86. The van der Waals surface area contributed by atoms with Crippen molar-refractivity contribution in [2.24, 2.45) is 104 Å². The quantitative estimate of drug-likeness (QED) is 0.0566. The Kier molecular flexibility index (Phi) is 16.4. The molecule has 0 radical (unpaired) electrons. The van der Waals surface area contributed by atoms with Crippen LogP contribution in [0.25, 0.3) is 0 Å². The van der Waals surface area contributed by atoms with Crippen molar-refractivity contribution in [1.29, 1.82) is 0 Å². The van der Waals surface area contributed by atoms with Crippen LogP contribution in [-0.2, 0) is 58.3 Å².